The second kappa shape index (κ2) is 6.05. The average Bonchev–Trinajstić information content (AvgIpc) is 2.96. The lowest BCUT2D eigenvalue weighted by atomic mass is 10.2. The molecule has 0 unspecified atom stereocenters. The lowest BCUT2D eigenvalue weighted by Crippen LogP contribution is -2.05. The van der Waals surface area contributed by atoms with Gasteiger partial charge in [0, 0.05) is 15.6 Å². The molecule has 3 aromatic rings. The van der Waals surface area contributed by atoms with Crippen molar-refractivity contribution in [2.24, 2.45) is 0 Å². The molecule has 21 heavy (non-hydrogen) atoms. The molecule has 5 nitrogen and oxygen atoms in total. The first-order valence-corrected chi connectivity index (χ1v) is 7.22. The number of nitrogens with zero attached hydrogens (tertiary/aromatic N) is 4. The van der Waals surface area contributed by atoms with E-state index in [2.05, 4.69) is 31.3 Å². The lowest BCUT2D eigenvalue weighted by Gasteiger charge is -2.06. The predicted octanol–water partition coefficient (Wildman–Crippen LogP) is 3.16. The Morgan fingerprint density at radius 2 is 1.86 bits per heavy atom. The zero-order valence-corrected chi connectivity index (χ0v) is 13.0. The summed E-state index contributed by atoms with van der Waals surface area (Å²) < 4.78 is 6.28. The number of aromatic nitrogens is 4. The van der Waals surface area contributed by atoms with E-state index in [1.54, 1.807) is 11.9 Å². The van der Waals surface area contributed by atoms with Crippen molar-refractivity contribution in [3.63, 3.8) is 0 Å². The fourth-order valence-corrected chi connectivity index (χ4v) is 2.51. The standard InChI is InChI=1S/C15H13BrN4O/c1-21-14-9-5-2-6-11(14)10-20-18-15(17-19-20)12-7-3-4-8-13(12)16/h2-9H,10H2,1H3. The Labute approximate surface area is 130 Å². The van der Waals surface area contributed by atoms with E-state index in [1.165, 1.54) is 0 Å². The summed E-state index contributed by atoms with van der Waals surface area (Å²) in [5, 5.41) is 12.6. The smallest absolute Gasteiger partial charge is 0.206 e. The maximum Gasteiger partial charge on any atom is 0.206 e. The van der Waals surface area contributed by atoms with Crippen LogP contribution in [0, 0.1) is 0 Å². The monoisotopic (exact) mass is 344 g/mol. The number of hydrogen-bond acceptors (Lipinski definition) is 4. The van der Waals surface area contributed by atoms with E-state index >= 15 is 0 Å². The van der Waals surface area contributed by atoms with E-state index in [1.807, 2.05) is 48.5 Å². The van der Waals surface area contributed by atoms with Crippen LogP contribution in [-0.4, -0.2) is 27.3 Å². The van der Waals surface area contributed by atoms with E-state index in [4.69, 9.17) is 4.74 Å². The molecule has 0 atom stereocenters. The summed E-state index contributed by atoms with van der Waals surface area (Å²) in [6.07, 6.45) is 0. The summed E-state index contributed by atoms with van der Waals surface area (Å²) in [5.74, 6) is 1.41. The minimum Gasteiger partial charge on any atom is -0.496 e. The van der Waals surface area contributed by atoms with E-state index in [9.17, 15) is 0 Å². The van der Waals surface area contributed by atoms with Gasteiger partial charge in [-0.15, -0.1) is 10.2 Å². The number of halogens is 1. The number of methoxy groups -OCH3 is 1. The molecule has 0 radical (unpaired) electrons. The SMILES string of the molecule is COc1ccccc1Cn1nnc(-c2ccccc2Br)n1. The molecule has 0 aliphatic carbocycles. The molecule has 0 saturated heterocycles. The molecule has 0 saturated carbocycles. The van der Waals surface area contributed by atoms with Crippen LogP contribution in [-0.2, 0) is 6.54 Å². The molecule has 0 N–H and O–H groups in total. The van der Waals surface area contributed by atoms with Crippen molar-refractivity contribution >= 4 is 15.9 Å². The molecule has 0 fully saturated rings. The third-order valence-corrected chi connectivity index (χ3v) is 3.76. The highest BCUT2D eigenvalue weighted by atomic mass is 79.9. The maximum atomic E-state index is 5.33. The fourth-order valence-electron chi connectivity index (χ4n) is 2.05. The number of benzene rings is 2. The summed E-state index contributed by atoms with van der Waals surface area (Å²) in [6.45, 7) is 0.515. The van der Waals surface area contributed by atoms with Crippen LogP contribution in [0.2, 0.25) is 0 Å². The van der Waals surface area contributed by atoms with Gasteiger partial charge in [0.25, 0.3) is 0 Å². The largest absolute Gasteiger partial charge is 0.496 e. The number of tetrazole rings is 1. The molecule has 106 valence electrons. The second-order valence-electron chi connectivity index (χ2n) is 4.44. The Morgan fingerprint density at radius 3 is 2.67 bits per heavy atom. The molecule has 2 aromatic carbocycles. The summed E-state index contributed by atoms with van der Waals surface area (Å²) in [4.78, 5) is 1.56. The maximum absolute atomic E-state index is 5.33. The van der Waals surface area contributed by atoms with Crippen molar-refractivity contribution in [1.82, 2.24) is 20.2 Å². The first kappa shape index (κ1) is 13.8. The predicted molar refractivity (Wildman–Crippen MR) is 83.0 cm³/mol. The van der Waals surface area contributed by atoms with Crippen LogP contribution in [0.15, 0.2) is 53.0 Å². The molecule has 0 amide bonds. The number of ether oxygens (including phenoxy) is 1. The van der Waals surface area contributed by atoms with Crippen molar-refractivity contribution in [3.8, 4) is 17.1 Å². The molecule has 1 aromatic heterocycles. The van der Waals surface area contributed by atoms with E-state index in [0.717, 1.165) is 21.3 Å². The number of rotatable bonds is 4. The van der Waals surface area contributed by atoms with Gasteiger partial charge in [-0.2, -0.15) is 4.80 Å². The first-order chi connectivity index (χ1) is 10.3. The van der Waals surface area contributed by atoms with Crippen LogP contribution in [0.4, 0.5) is 0 Å². The normalized spacial score (nSPS) is 10.6. The Bertz CT molecular complexity index is 757. The quantitative estimate of drug-likeness (QED) is 0.729. The van der Waals surface area contributed by atoms with E-state index in [0.29, 0.717) is 12.4 Å². The molecule has 1 heterocycles. The van der Waals surface area contributed by atoms with Crippen molar-refractivity contribution in [2.45, 2.75) is 6.54 Å². The van der Waals surface area contributed by atoms with Gasteiger partial charge in [-0.3, -0.25) is 0 Å². The summed E-state index contributed by atoms with van der Waals surface area (Å²) in [6, 6.07) is 15.6. The van der Waals surface area contributed by atoms with Gasteiger partial charge in [-0.1, -0.05) is 46.3 Å². The van der Waals surface area contributed by atoms with Gasteiger partial charge in [0.05, 0.1) is 13.7 Å². The average molecular weight is 345 g/mol. The van der Waals surface area contributed by atoms with Crippen molar-refractivity contribution in [3.05, 3.63) is 58.6 Å². The third kappa shape index (κ3) is 2.95. The fraction of sp³-hybridized carbons (Fsp3) is 0.133. The zero-order valence-electron chi connectivity index (χ0n) is 11.4. The molecular formula is C15H13BrN4O. The third-order valence-electron chi connectivity index (χ3n) is 3.07. The van der Waals surface area contributed by atoms with Crippen LogP contribution in [0.1, 0.15) is 5.56 Å². The number of para-hydroxylation sites is 1. The Kier molecular flexibility index (Phi) is 3.96. The van der Waals surface area contributed by atoms with E-state index < -0.39 is 0 Å². The highest BCUT2D eigenvalue weighted by molar-refractivity contribution is 9.10. The Hall–Kier alpha value is -2.21. The minimum atomic E-state index is 0.515. The molecular weight excluding hydrogens is 332 g/mol. The van der Waals surface area contributed by atoms with Crippen molar-refractivity contribution < 1.29 is 4.74 Å². The van der Waals surface area contributed by atoms with Gasteiger partial charge >= 0.3 is 0 Å². The topological polar surface area (TPSA) is 52.8 Å². The van der Waals surface area contributed by atoms with Gasteiger partial charge in [0.1, 0.15) is 5.75 Å². The lowest BCUT2D eigenvalue weighted by molar-refractivity contribution is 0.405. The van der Waals surface area contributed by atoms with Gasteiger partial charge in [0.2, 0.25) is 5.82 Å². The van der Waals surface area contributed by atoms with Crippen molar-refractivity contribution in [1.29, 1.82) is 0 Å². The first-order valence-electron chi connectivity index (χ1n) is 6.42. The van der Waals surface area contributed by atoms with Crippen LogP contribution >= 0.6 is 15.9 Å². The van der Waals surface area contributed by atoms with Crippen LogP contribution in [0.25, 0.3) is 11.4 Å². The second-order valence-corrected chi connectivity index (χ2v) is 5.29. The van der Waals surface area contributed by atoms with Crippen LogP contribution < -0.4 is 4.74 Å². The molecule has 0 spiro atoms. The Morgan fingerprint density at radius 1 is 1.10 bits per heavy atom. The highest BCUT2D eigenvalue weighted by Crippen LogP contribution is 2.24. The summed E-state index contributed by atoms with van der Waals surface area (Å²) in [7, 11) is 1.65. The molecule has 0 bridgehead atoms. The van der Waals surface area contributed by atoms with Crippen LogP contribution in [0.3, 0.4) is 0 Å². The van der Waals surface area contributed by atoms with Crippen molar-refractivity contribution in [2.75, 3.05) is 7.11 Å². The van der Waals surface area contributed by atoms with Gasteiger partial charge in [-0.05, 0) is 23.4 Å². The summed E-state index contributed by atoms with van der Waals surface area (Å²) >= 11 is 3.49. The molecule has 0 aliphatic heterocycles. The molecule has 6 heteroatoms. The molecule has 0 aliphatic rings. The summed E-state index contributed by atoms with van der Waals surface area (Å²) in [5.41, 5.74) is 1.93. The van der Waals surface area contributed by atoms with E-state index in [-0.39, 0.29) is 0 Å². The number of hydrogen-bond donors (Lipinski definition) is 0. The van der Waals surface area contributed by atoms with Gasteiger partial charge in [0.15, 0.2) is 0 Å². The Balaban J connectivity index is 1.87. The highest BCUT2D eigenvalue weighted by Gasteiger charge is 2.10. The minimum absolute atomic E-state index is 0.515. The molecule has 3 rings (SSSR count). The van der Waals surface area contributed by atoms with Gasteiger partial charge in [-0.25, -0.2) is 0 Å². The van der Waals surface area contributed by atoms with Crippen LogP contribution in [0.5, 0.6) is 5.75 Å². The van der Waals surface area contributed by atoms with Gasteiger partial charge < -0.3 is 4.74 Å². The zero-order chi connectivity index (χ0) is 14.7.